The molecule has 0 aliphatic rings. The largest absolute Gasteiger partial charge is 0.497 e. The monoisotopic (exact) mass is 344 g/mol. The minimum atomic E-state index is -0.608. The molecule has 0 saturated carbocycles. The van der Waals surface area contributed by atoms with Crippen LogP contribution in [-0.2, 0) is 14.1 Å². The normalized spacial score (nSPS) is 10.2. The van der Waals surface area contributed by atoms with E-state index in [1.54, 1.807) is 43.3 Å². The molecule has 0 bridgehead atoms. The SMILES string of the molecule is COc1ccc(OCCN(C)c2c(C#N)c(=O)n(C)c(=O)n2C)cc1. The van der Waals surface area contributed by atoms with Crippen molar-refractivity contribution >= 4 is 5.82 Å². The number of nitriles is 1. The number of anilines is 1. The third kappa shape index (κ3) is 3.66. The third-order valence-electron chi connectivity index (χ3n) is 3.86. The van der Waals surface area contributed by atoms with E-state index < -0.39 is 11.2 Å². The van der Waals surface area contributed by atoms with E-state index in [1.807, 2.05) is 6.07 Å². The Balaban J connectivity index is 2.16. The average molecular weight is 344 g/mol. The fourth-order valence-electron chi connectivity index (χ4n) is 2.46. The van der Waals surface area contributed by atoms with Gasteiger partial charge in [0.15, 0.2) is 5.56 Å². The summed E-state index contributed by atoms with van der Waals surface area (Å²) in [5.74, 6) is 1.68. The van der Waals surface area contributed by atoms with Gasteiger partial charge in [0.2, 0.25) is 0 Å². The van der Waals surface area contributed by atoms with Crippen LogP contribution in [-0.4, -0.2) is 36.4 Å². The van der Waals surface area contributed by atoms with Gasteiger partial charge >= 0.3 is 5.69 Å². The van der Waals surface area contributed by atoms with Gasteiger partial charge in [0.05, 0.1) is 13.7 Å². The number of hydrogen-bond acceptors (Lipinski definition) is 6. The van der Waals surface area contributed by atoms with Crippen molar-refractivity contribution in [3.8, 4) is 17.6 Å². The molecule has 0 unspecified atom stereocenters. The second-order valence-corrected chi connectivity index (χ2v) is 5.46. The van der Waals surface area contributed by atoms with Gasteiger partial charge < -0.3 is 14.4 Å². The highest BCUT2D eigenvalue weighted by Crippen LogP contribution is 2.17. The summed E-state index contributed by atoms with van der Waals surface area (Å²) in [4.78, 5) is 25.9. The molecular weight excluding hydrogens is 324 g/mol. The molecule has 25 heavy (non-hydrogen) atoms. The molecule has 0 saturated heterocycles. The van der Waals surface area contributed by atoms with Crippen molar-refractivity contribution in [2.24, 2.45) is 14.1 Å². The second kappa shape index (κ2) is 7.57. The first-order valence-electron chi connectivity index (χ1n) is 7.58. The van der Waals surface area contributed by atoms with Crippen LogP contribution in [0.4, 0.5) is 5.82 Å². The first-order chi connectivity index (χ1) is 11.9. The maximum Gasteiger partial charge on any atom is 0.332 e. The summed E-state index contributed by atoms with van der Waals surface area (Å²) in [5, 5.41) is 9.29. The maximum atomic E-state index is 12.1. The van der Waals surface area contributed by atoms with Crippen molar-refractivity contribution < 1.29 is 9.47 Å². The van der Waals surface area contributed by atoms with E-state index in [-0.39, 0.29) is 11.4 Å². The smallest absolute Gasteiger partial charge is 0.332 e. The van der Waals surface area contributed by atoms with Crippen LogP contribution >= 0.6 is 0 Å². The van der Waals surface area contributed by atoms with E-state index in [1.165, 1.54) is 18.7 Å². The standard InChI is InChI=1S/C17H20N4O4/c1-19(9-10-25-13-7-5-12(24-4)6-8-13)15-14(11-18)16(22)21(3)17(23)20(15)2/h5-8H,9-10H2,1-4H3. The molecule has 132 valence electrons. The number of likely N-dealkylation sites (N-methyl/N-ethyl adjacent to an activating group) is 1. The highest BCUT2D eigenvalue weighted by Gasteiger charge is 2.18. The number of hydrogen-bond donors (Lipinski definition) is 0. The zero-order valence-electron chi connectivity index (χ0n) is 14.6. The minimum absolute atomic E-state index is 0.0726. The molecule has 1 heterocycles. The predicted molar refractivity (Wildman–Crippen MR) is 93.4 cm³/mol. The van der Waals surface area contributed by atoms with Crippen LogP contribution in [0.25, 0.3) is 0 Å². The van der Waals surface area contributed by atoms with E-state index in [0.717, 1.165) is 10.3 Å². The van der Waals surface area contributed by atoms with E-state index >= 15 is 0 Å². The fourth-order valence-corrected chi connectivity index (χ4v) is 2.46. The van der Waals surface area contributed by atoms with Crippen molar-refractivity contribution in [3.63, 3.8) is 0 Å². The zero-order chi connectivity index (χ0) is 18.6. The van der Waals surface area contributed by atoms with Gasteiger partial charge in [-0.05, 0) is 24.3 Å². The summed E-state index contributed by atoms with van der Waals surface area (Å²) in [5.41, 5.74) is -1.16. The molecule has 0 N–H and O–H groups in total. The molecule has 1 aromatic heterocycles. The van der Waals surface area contributed by atoms with Crippen molar-refractivity contribution in [1.29, 1.82) is 5.26 Å². The maximum absolute atomic E-state index is 12.1. The summed E-state index contributed by atoms with van der Waals surface area (Å²) in [6, 6.07) is 9.03. The molecule has 2 rings (SSSR count). The third-order valence-corrected chi connectivity index (χ3v) is 3.86. The van der Waals surface area contributed by atoms with Crippen LogP contribution in [0, 0.1) is 11.3 Å². The predicted octanol–water partition coefficient (Wildman–Crippen LogP) is 0.479. The van der Waals surface area contributed by atoms with E-state index in [0.29, 0.717) is 18.9 Å². The van der Waals surface area contributed by atoms with Gasteiger partial charge in [-0.1, -0.05) is 0 Å². The van der Waals surface area contributed by atoms with E-state index in [4.69, 9.17) is 9.47 Å². The number of benzene rings is 1. The Morgan fingerprint density at radius 1 is 1.12 bits per heavy atom. The van der Waals surface area contributed by atoms with E-state index in [9.17, 15) is 14.9 Å². The molecule has 0 aliphatic carbocycles. The molecule has 1 aromatic carbocycles. The number of aromatic nitrogens is 2. The summed E-state index contributed by atoms with van der Waals surface area (Å²) >= 11 is 0. The number of ether oxygens (including phenoxy) is 2. The Morgan fingerprint density at radius 2 is 1.72 bits per heavy atom. The molecule has 0 spiro atoms. The second-order valence-electron chi connectivity index (χ2n) is 5.46. The molecule has 0 aliphatic heterocycles. The van der Waals surface area contributed by atoms with Gasteiger partial charge in [-0.25, -0.2) is 4.79 Å². The minimum Gasteiger partial charge on any atom is -0.497 e. The lowest BCUT2D eigenvalue weighted by Crippen LogP contribution is -2.42. The van der Waals surface area contributed by atoms with Crippen molar-refractivity contribution in [1.82, 2.24) is 9.13 Å². The van der Waals surface area contributed by atoms with Crippen LogP contribution < -0.4 is 25.6 Å². The molecule has 8 nitrogen and oxygen atoms in total. The first kappa shape index (κ1) is 18.1. The highest BCUT2D eigenvalue weighted by molar-refractivity contribution is 5.52. The van der Waals surface area contributed by atoms with Gasteiger partial charge in [-0.15, -0.1) is 0 Å². The Bertz CT molecular complexity index is 906. The quantitative estimate of drug-likeness (QED) is 0.757. The van der Waals surface area contributed by atoms with Crippen molar-refractivity contribution in [2.45, 2.75) is 0 Å². The Morgan fingerprint density at radius 3 is 2.28 bits per heavy atom. The van der Waals surface area contributed by atoms with Gasteiger partial charge in [-0.2, -0.15) is 5.26 Å². The summed E-state index contributed by atoms with van der Waals surface area (Å²) in [6.07, 6.45) is 0. The lowest BCUT2D eigenvalue weighted by atomic mass is 10.3. The van der Waals surface area contributed by atoms with Crippen LogP contribution in [0.1, 0.15) is 5.56 Å². The Kier molecular flexibility index (Phi) is 5.49. The number of methoxy groups -OCH3 is 1. The average Bonchev–Trinajstić information content (AvgIpc) is 2.63. The molecule has 0 fully saturated rings. The van der Waals surface area contributed by atoms with Crippen LogP contribution in [0.15, 0.2) is 33.9 Å². The lowest BCUT2D eigenvalue weighted by Gasteiger charge is -2.23. The molecule has 0 atom stereocenters. The summed E-state index contributed by atoms with van der Waals surface area (Å²) < 4.78 is 12.9. The molecule has 2 aromatic rings. The fraction of sp³-hybridized carbons (Fsp3) is 0.353. The number of nitrogens with zero attached hydrogens (tertiary/aromatic N) is 4. The van der Waals surface area contributed by atoms with Gasteiger partial charge in [-0.3, -0.25) is 13.9 Å². The van der Waals surface area contributed by atoms with E-state index in [2.05, 4.69) is 0 Å². The highest BCUT2D eigenvalue weighted by atomic mass is 16.5. The lowest BCUT2D eigenvalue weighted by molar-refractivity contribution is 0.324. The first-order valence-corrected chi connectivity index (χ1v) is 7.58. The van der Waals surface area contributed by atoms with Crippen LogP contribution in [0.3, 0.4) is 0 Å². The summed E-state index contributed by atoms with van der Waals surface area (Å²) in [6.45, 7) is 0.707. The van der Waals surface area contributed by atoms with Gasteiger partial charge in [0.25, 0.3) is 5.56 Å². The molecule has 0 radical (unpaired) electrons. The van der Waals surface area contributed by atoms with Crippen molar-refractivity contribution in [3.05, 3.63) is 50.7 Å². The van der Waals surface area contributed by atoms with Crippen LogP contribution in [0.2, 0.25) is 0 Å². The topological polar surface area (TPSA) is 89.5 Å². The van der Waals surface area contributed by atoms with Gasteiger partial charge in [0.1, 0.15) is 30.0 Å². The molecular formula is C17H20N4O4. The Labute approximate surface area is 145 Å². The van der Waals surface area contributed by atoms with Crippen molar-refractivity contribution in [2.75, 3.05) is 32.2 Å². The summed E-state index contributed by atoms with van der Waals surface area (Å²) in [7, 11) is 6.17. The Hall–Kier alpha value is -3.21. The molecule has 0 amide bonds. The zero-order valence-corrected chi connectivity index (χ0v) is 14.6. The van der Waals surface area contributed by atoms with Gasteiger partial charge in [0, 0.05) is 21.1 Å². The number of rotatable bonds is 6. The molecule has 8 heteroatoms. The van der Waals surface area contributed by atoms with Crippen LogP contribution in [0.5, 0.6) is 11.5 Å².